The molecule has 0 saturated carbocycles. The van der Waals surface area contributed by atoms with Gasteiger partial charge in [-0.1, -0.05) is 60.7 Å². The van der Waals surface area contributed by atoms with Crippen molar-refractivity contribution in [1.82, 2.24) is 14.8 Å². The zero-order chi connectivity index (χ0) is 23.5. The molecule has 2 N–H and O–H groups in total. The lowest BCUT2D eigenvalue weighted by Gasteiger charge is -2.41. The molecular formula is C28H29N3O3. The summed E-state index contributed by atoms with van der Waals surface area (Å²) < 4.78 is 5.38. The molecule has 1 fully saturated rings. The highest BCUT2D eigenvalue weighted by Gasteiger charge is 2.34. The Bertz CT molecular complexity index is 1210. The minimum Gasteiger partial charge on any atom is -0.497 e. The molecule has 1 aromatic heterocycles. The van der Waals surface area contributed by atoms with Crippen LogP contribution in [0.2, 0.25) is 0 Å². The largest absolute Gasteiger partial charge is 0.497 e. The van der Waals surface area contributed by atoms with Crippen molar-refractivity contribution in [3.05, 3.63) is 102 Å². The first-order valence-corrected chi connectivity index (χ1v) is 11.6. The molecule has 6 heteroatoms. The fourth-order valence-corrected chi connectivity index (χ4v) is 5.10. The van der Waals surface area contributed by atoms with Gasteiger partial charge in [0, 0.05) is 48.8 Å². The number of methoxy groups -OCH3 is 1. The topological polar surface area (TPSA) is 68.8 Å². The smallest absolute Gasteiger partial charge is 0.325 e. The van der Waals surface area contributed by atoms with Crippen molar-refractivity contribution in [3.63, 3.8) is 0 Å². The summed E-state index contributed by atoms with van der Waals surface area (Å²) >= 11 is 0. The number of piperazine rings is 1. The van der Waals surface area contributed by atoms with Crippen molar-refractivity contribution in [2.75, 3.05) is 33.3 Å². The second-order valence-electron chi connectivity index (χ2n) is 8.69. The molecular weight excluding hydrogens is 426 g/mol. The third-order valence-electron chi connectivity index (χ3n) is 6.76. The molecule has 1 saturated heterocycles. The summed E-state index contributed by atoms with van der Waals surface area (Å²) in [5, 5.41) is 11.1. The van der Waals surface area contributed by atoms with Gasteiger partial charge in [-0.05, 0) is 29.3 Å². The van der Waals surface area contributed by atoms with Crippen molar-refractivity contribution in [2.45, 2.75) is 12.1 Å². The van der Waals surface area contributed by atoms with E-state index in [9.17, 15) is 9.90 Å². The van der Waals surface area contributed by atoms with E-state index >= 15 is 0 Å². The minimum atomic E-state index is -0.833. The van der Waals surface area contributed by atoms with Gasteiger partial charge in [0.15, 0.2) is 0 Å². The van der Waals surface area contributed by atoms with Gasteiger partial charge in [-0.15, -0.1) is 0 Å². The Kier molecular flexibility index (Phi) is 6.34. The highest BCUT2D eigenvalue weighted by molar-refractivity contribution is 5.90. The fourth-order valence-electron chi connectivity index (χ4n) is 5.10. The van der Waals surface area contributed by atoms with Crippen LogP contribution in [0.3, 0.4) is 0 Å². The van der Waals surface area contributed by atoms with Crippen LogP contribution < -0.4 is 4.74 Å². The number of nitrogens with zero attached hydrogens (tertiary/aromatic N) is 2. The normalized spacial score (nSPS) is 16.1. The van der Waals surface area contributed by atoms with Gasteiger partial charge in [0.25, 0.3) is 0 Å². The highest BCUT2D eigenvalue weighted by atomic mass is 16.5. The number of aromatic nitrogens is 1. The highest BCUT2D eigenvalue weighted by Crippen LogP contribution is 2.34. The van der Waals surface area contributed by atoms with E-state index in [1.54, 1.807) is 7.11 Å². The number of aromatic amines is 1. The molecule has 2 heterocycles. The second kappa shape index (κ2) is 9.71. The molecule has 3 aromatic carbocycles. The Balaban J connectivity index is 1.40. The van der Waals surface area contributed by atoms with Crippen LogP contribution in [0, 0.1) is 0 Å². The van der Waals surface area contributed by atoms with Crippen molar-refractivity contribution >= 4 is 16.9 Å². The molecule has 0 radical (unpaired) electrons. The zero-order valence-electron chi connectivity index (χ0n) is 19.2. The summed E-state index contributed by atoms with van der Waals surface area (Å²) in [7, 11) is 1.62. The van der Waals surface area contributed by atoms with Crippen LogP contribution in [0.1, 0.15) is 28.8 Å². The number of H-pyrrole nitrogens is 1. The van der Waals surface area contributed by atoms with E-state index in [1.165, 1.54) is 11.1 Å². The number of rotatable bonds is 7. The number of aliphatic carboxylic acids is 1. The zero-order valence-corrected chi connectivity index (χ0v) is 19.2. The maximum absolute atomic E-state index is 12.5. The van der Waals surface area contributed by atoms with Gasteiger partial charge in [-0.3, -0.25) is 14.6 Å². The van der Waals surface area contributed by atoms with E-state index < -0.39 is 12.0 Å². The lowest BCUT2D eigenvalue weighted by atomic mass is 9.96. The first-order valence-electron chi connectivity index (χ1n) is 11.6. The number of fused-ring (bicyclic) bond motifs is 1. The monoisotopic (exact) mass is 455 g/mol. The Labute approximate surface area is 199 Å². The number of carboxylic acid groups (broad SMARTS) is 1. The molecule has 1 aliphatic heterocycles. The van der Waals surface area contributed by atoms with E-state index in [4.69, 9.17) is 4.74 Å². The molecule has 5 rings (SSSR count). The molecule has 0 aliphatic carbocycles. The maximum atomic E-state index is 12.5. The second-order valence-corrected chi connectivity index (χ2v) is 8.69. The Morgan fingerprint density at radius 3 is 2.03 bits per heavy atom. The van der Waals surface area contributed by atoms with E-state index in [-0.39, 0.29) is 6.04 Å². The van der Waals surface area contributed by atoms with Crippen molar-refractivity contribution in [3.8, 4) is 5.75 Å². The molecule has 6 nitrogen and oxygen atoms in total. The third kappa shape index (κ3) is 4.30. The van der Waals surface area contributed by atoms with E-state index in [1.807, 2.05) is 36.5 Å². The number of nitrogens with one attached hydrogen (secondary N) is 1. The van der Waals surface area contributed by atoms with Crippen LogP contribution in [-0.2, 0) is 4.79 Å². The summed E-state index contributed by atoms with van der Waals surface area (Å²) in [6, 6.07) is 26.2. The number of benzene rings is 3. The molecule has 1 aliphatic rings. The lowest BCUT2D eigenvalue weighted by molar-refractivity contribution is -0.144. The van der Waals surface area contributed by atoms with Crippen LogP contribution >= 0.6 is 0 Å². The van der Waals surface area contributed by atoms with Gasteiger partial charge in [0.2, 0.25) is 0 Å². The molecule has 0 amide bonds. The number of carbonyl (C=O) groups is 1. The average Bonchev–Trinajstić information content (AvgIpc) is 3.29. The van der Waals surface area contributed by atoms with E-state index in [0.717, 1.165) is 35.3 Å². The molecule has 4 aromatic rings. The molecule has 1 unspecified atom stereocenters. The summed E-state index contributed by atoms with van der Waals surface area (Å²) in [6.07, 6.45) is 1.83. The number of carboxylic acids is 1. The summed E-state index contributed by atoms with van der Waals surface area (Å²) in [5.74, 6) is -0.115. The van der Waals surface area contributed by atoms with Gasteiger partial charge < -0.3 is 14.8 Å². The molecule has 174 valence electrons. The first kappa shape index (κ1) is 22.2. The summed E-state index contributed by atoms with van der Waals surface area (Å²) in [5.41, 5.74) is 4.19. The van der Waals surface area contributed by atoms with Gasteiger partial charge in [0.05, 0.1) is 13.2 Å². The molecule has 1 atom stereocenters. The summed E-state index contributed by atoms with van der Waals surface area (Å²) in [4.78, 5) is 20.2. The Hall–Kier alpha value is -3.61. The third-order valence-corrected chi connectivity index (χ3v) is 6.76. The van der Waals surface area contributed by atoms with Gasteiger partial charge in [0.1, 0.15) is 11.8 Å². The standard InChI is InChI=1S/C28H29N3O3/c1-34-22-12-13-25-23(18-22)24(19-29-25)27(28(32)33)31-16-14-30(15-17-31)26(20-8-4-2-5-9-20)21-10-6-3-7-11-21/h2-13,18-19,26-27,29H,14-17H2,1H3,(H,32,33). The lowest BCUT2D eigenvalue weighted by Crippen LogP contribution is -2.50. The predicted octanol–water partition coefficient (Wildman–Crippen LogP) is 4.71. The Morgan fingerprint density at radius 1 is 0.882 bits per heavy atom. The van der Waals surface area contributed by atoms with Crippen molar-refractivity contribution in [1.29, 1.82) is 0 Å². The summed E-state index contributed by atoms with van der Waals surface area (Å²) in [6.45, 7) is 2.90. The molecule has 0 bridgehead atoms. The minimum absolute atomic E-state index is 0.144. The van der Waals surface area contributed by atoms with Crippen LogP contribution in [0.4, 0.5) is 0 Å². The number of hydrogen-bond donors (Lipinski definition) is 2. The van der Waals surface area contributed by atoms with Crippen LogP contribution in [-0.4, -0.2) is 59.1 Å². The van der Waals surface area contributed by atoms with Crippen molar-refractivity contribution in [2.24, 2.45) is 0 Å². The van der Waals surface area contributed by atoms with Crippen LogP contribution in [0.15, 0.2) is 85.1 Å². The van der Waals surface area contributed by atoms with Crippen molar-refractivity contribution < 1.29 is 14.6 Å². The van der Waals surface area contributed by atoms with Gasteiger partial charge in [-0.2, -0.15) is 0 Å². The van der Waals surface area contributed by atoms with E-state index in [0.29, 0.717) is 13.1 Å². The maximum Gasteiger partial charge on any atom is 0.325 e. The Morgan fingerprint density at radius 2 is 1.47 bits per heavy atom. The van der Waals surface area contributed by atoms with Gasteiger partial charge >= 0.3 is 5.97 Å². The van der Waals surface area contributed by atoms with Gasteiger partial charge in [-0.25, -0.2) is 0 Å². The first-order chi connectivity index (χ1) is 16.7. The quantitative estimate of drug-likeness (QED) is 0.422. The number of ether oxygens (including phenoxy) is 1. The average molecular weight is 456 g/mol. The fraction of sp³-hybridized carbons (Fsp3) is 0.250. The molecule has 34 heavy (non-hydrogen) atoms. The van der Waals surface area contributed by atoms with E-state index in [2.05, 4.69) is 63.3 Å². The van der Waals surface area contributed by atoms with Crippen LogP contribution in [0.25, 0.3) is 10.9 Å². The predicted molar refractivity (Wildman–Crippen MR) is 133 cm³/mol. The SMILES string of the molecule is COc1ccc2[nH]cc(C(C(=O)O)N3CCN(C(c4ccccc4)c4ccccc4)CC3)c2c1. The number of hydrogen-bond acceptors (Lipinski definition) is 4. The molecule has 0 spiro atoms. The van der Waals surface area contributed by atoms with Crippen LogP contribution in [0.5, 0.6) is 5.75 Å².